The van der Waals surface area contributed by atoms with Gasteiger partial charge in [0.15, 0.2) is 0 Å². The summed E-state index contributed by atoms with van der Waals surface area (Å²) in [6.45, 7) is 1.97. The molecule has 1 aromatic carbocycles. The second kappa shape index (κ2) is 4.90. The average molecular weight is 205 g/mol. The van der Waals surface area contributed by atoms with Crippen molar-refractivity contribution in [2.24, 2.45) is 10.8 Å². The molecular weight excluding hydrogens is 194 g/mol. The Bertz CT molecular complexity index is 396. The average Bonchev–Trinajstić information content (AvgIpc) is 2.20. The number of primary amides is 1. The summed E-state index contributed by atoms with van der Waals surface area (Å²) in [5.74, 6) is -1.99. The third kappa shape index (κ3) is 3.60. The van der Waals surface area contributed by atoms with E-state index in [1.165, 1.54) is 6.21 Å². The molecule has 1 aromatic rings. The molecule has 0 aliphatic rings. The van der Waals surface area contributed by atoms with Crippen molar-refractivity contribution in [3.8, 4) is 0 Å². The van der Waals surface area contributed by atoms with Crippen LogP contribution in [0.3, 0.4) is 0 Å². The van der Waals surface area contributed by atoms with Crippen molar-refractivity contribution in [3.05, 3.63) is 35.4 Å². The van der Waals surface area contributed by atoms with Crippen LogP contribution < -0.4 is 11.2 Å². The molecule has 0 saturated heterocycles. The lowest BCUT2D eigenvalue weighted by Crippen LogP contribution is -2.32. The quantitative estimate of drug-likeness (QED) is 0.402. The van der Waals surface area contributed by atoms with Crippen molar-refractivity contribution in [2.45, 2.75) is 6.92 Å². The van der Waals surface area contributed by atoms with E-state index in [9.17, 15) is 9.59 Å². The van der Waals surface area contributed by atoms with Crippen LogP contribution in [-0.4, -0.2) is 18.0 Å². The van der Waals surface area contributed by atoms with Gasteiger partial charge in [-0.3, -0.25) is 9.59 Å². The van der Waals surface area contributed by atoms with E-state index in [2.05, 4.69) is 5.10 Å². The summed E-state index contributed by atoms with van der Waals surface area (Å²) in [4.78, 5) is 21.0. The molecule has 0 aromatic heterocycles. The first-order valence-corrected chi connectivity index (χ1v) is 4.29. The highest BCUT2D eigenvalue weighted by atomic mass is 16.2. The molecule has 3 N–H and O–H groups in total. The number of nitrogens with one attached hydrogen (secondary N) is 1. The van der Waals surface area contributed by atoms with E-state index in [1.54, 1.807) is 0 Å². The van der Waals surface area contributed by atoms with Crippen LogP contribution in [0.4, 0.5) is 0 Å². The van der Waals surface area contributed by atoms with Gasteiger partial charge in [0.05, 0.1) is 6.21 Å². The second-order valence-corrected chi connectivity index (χ2v) is 2.97. The predicted molar refractivity (Wildman–Crippen MR) is 56.1 cm³/mol. The van der Waals surface area contributed by atoms with Crippen LogP contribution in [0, 0.1) is 6.92 Å². The lowest BCUT2D eigenvalue weighted by atomic mass is 10.2. The summed E-state index contributed by atoms with van der Waals surface area (Å²) in [7, 11) is 0. The summed E-state index contributed by atoms with van der Waals surface area (Å²) < 4.78 is 0. The number of rotatable bonds is 2. The Balaban J connectivity index is 2.55. The molecule has 0 saturated carbocycles. The van der Waals surface area contributed by atoms with Crippen LogP contribution in [0.15, 0.2) is 29.4 Å². The van der Waals surface area contributed by atoms with Gasteiger partial charge in [-0.1, -0.05) is 29.8 Å². The molecule has 5 nitrogen and oxygen atoms in total. The van der Waals surface area contributed by atoms with Gasteiger partial charge in [-0.25, -0.2) is 5.43 Å². The van der Waals surface area contributed by atoms with E-state index >= 15 is 0 Å². The van der Waals surface area contributed by atoms with E-state index in [-0.39, 0.29) is 0 Å². The Morgan fingerprint density at radius 3 is 2.47 bits per heavy atom. The van der Waals surface area contributed by atoms with Crippen LogP contribution >= 0.6 is 0 Å². The standard InChI is InChI=1S/C10H11N3O2/c1-7-2-4-8(5-3-7)6-12-13-10(15)9(11)14/h2-6H,1H3,(H2,11,14)(H,13,15)/b12-6-. The van der Waals surface area contributed by atoms with Crippen LogP contribution in [0.5, 0.6) is 0 Å². The van der Waals surface area contributed by atoms with E-state index in [4.69, 9.17) is 5.73 Å². The second-order valence-electron chi connectivity index (χ2n) is 2.97. The Morgan fingerprint density at radius 2 is 1.93 bits per heavy atom. The topological polar surface area (TPSA) is 84.6 Å². The zero-order valence-electron chi connectivity index (χ0n) is 8.23. The zero-order valence-corrected chi connectivity index (χ0v) is 8.23. The Morgan fingerprint density at radius 1 is 1.33 bits per heavy atom. The minimum atomic E-state index is -1.06. The number of carbonyl (C=O) groups is 2. The van der Waals surface area contributed by atoms with Gasteiger partial charge >= 0.3 is 11.8 Å². The summed E-state index contributed by atoms with van der Waals surface area (Å²) >= 11 is 0. The maximum absolute atomic E-state index is 10.7. The Kier molecular flexibility index (Phi) is 3.56. The van der Waals surface area contributed by atoms with Gasteiger partial charge in [0, 0.05) is 0 Å². The number of aryl methyl sites for hydroxylation is 1. The highest BCUT2D eigenvalue weighted by Gasteiger charge is 2.04. The number of amides is 2. The van der Waals surface area contributed by atoms with Gasteiger partial charge < -0.3 is 5.73 Å². The molecule has 0 aliphatic heterocycles. The molecule has 0 bridgehead atoms. The van der Waals surface area contributed by atoms with Crippen LogP contribution in [0.1, 0.15) is 11.1 Å². The molecular formula is C10H11N3O2. The predicted octanol–water partition coefficient (Wildman–Crippen LogP) is -0.0696. The maximum atomic E-state index is 10.7. The van der Waals surface area contributed by atoms with Crippen LogP contribution in [-0.2, 0) is 9.59 Å². The van der Waals surface area contributed by atoms with Gasteiger partial charge in [-0.15, -0.1) is 0 Å². The molecule has 15 heavy (non-hydrogen) atoms. The third-order valence-electron chi connectivity index (χ3n) is 1.68. The van der Waals surface area contributed by atoms with Crippen molar-refractivity contribution < 1.29 is 9.59 Å². The number of hydrogen-bond donors (Lipinski definition) is 2. The van der Waals surface area contributed by atoms with Gasteiger partial charge in [0.1, 0.15) is 0 Å². The summed E-state index contributed by atoms with van der Waals surface area (Å²) in [5.41, 5.74) is 8.67. The number of hydrogen-bond acceptors (Lipinski definition) is 3. The lowest BCUT2D eigenvalue weighted by molar-refractivity contribution is -0.137. The molecule has 2 amide bonds. The number of nitrogens with two attached hydrogens (primary N) is 1. The van der Waals surface area contributed by atoms with Crippen LogP contribution in [0.2, 0.25) is 0 Å². The molecule has 0 spiro atoms. The smallest absolute Gasteiger partial charge is 0.329 e. The first-order chi connectivity index (χ1) is 7.09. The molecule has 0 atom stereocenters. The fourth-order valence-electron chi connectivity index (χ4n) is 0.873. The van der Waals surface area contributed by atoms with Gasteiger partial charge in [0.2, 0.25) is 0 Å². The molecule has 0 aliphatic carbocycles. The summed E-state index contributed by atoms with van der Waals surface area (Å²) in [6, 6.07) is 7.51. The van der Waals surface area contributed by atoms with E-state index in [1.807, 2.05) is 36.6 Å². The fourth-order valence-corrected chi connectivity index (χ4v) is 0.873. The third-order valence-corrected chi connectivity index (χ3v) is 1.68. The molecule has 0 fully saturated rings. The zero-order chi connectivity index (χ0) is 11.3. The highest BCUT2D eigenvalue weighted by Crippen LogP contribution is 1.99. The van der Waals surface area contributed by atoms with E-state index in [0.717, 1.165) is 11.1 Å². The molecule has 5 heteroatoms. The highest BCUT2D eigenvalue weighted by molar-refractivity contribution is 6.34. The maximum Gasteiger partial charge on any atom is 0.329 e. The number of benzene rings is 1. The minimum absolute atomic E-state index is 0.824. The molecule has 0 unspecified atom stereocenters. The lowest BCUT2D eigenvalue weighted by Gasteiger charge is -1.95. The first kappa shape index (κ1) is 10.9. The molecule has 0 radical (unpaired) electrons. The monoisotopic (exact) mass is 205 g/mol. The summed E-state index contributed by atoms with van der Waals surface area (Å²) in [5, 5.41) is 3.57. The summed E-state index contributed by atoms with van der Waals surface area (Å²) in [6.07, 6.45) is 1.43. The van der Waals surface area contributed by atoms with Crippen molar-refractivity contribution in [2.75, 3.05) is 0 Å². The number of nitrogens with zero attached hydrogens (tertiary/aromatic N) is 1. The van der Waals surface area contributed by atoms with Crippen molar-refractivity contribution in [1.29, 1.82) is 0 Å². The van der Waals surface area contributed by atoms with Gasteiger partial charge in [0.25, 0.3) is 0 Å². The van der Waals surface area contributed by atoms with E-state index < -0.39 is 11.8 Å². The largest absolute Gasteiger partial charge is 0.361 e. The number of hydrazone groups is 1. The Hall–Kier alpha value is -2.17. The van der Waals surface area contributed by atoms with Crippen molar-refractivity contribution in [1.82, 2.24) is 5.43 Å². The fraction of sp³-hybridized carbons (Fsp3) is 0.100. The van der Waals surface area contributed by atoms with Crippen molar-refractivity contribution >= 4 is 18.0 Å². The normalized spacial score (nSPS) is 10.2. The molecule has 78 valence electrons. The Labute approximate surface area is 87.0 Å². The van der Waals surface area contributed by atoms with Crippen molar-refractivity contribution in [3.63, 3.8) is 0 Å². The molecule has 1 rings (SSSR count). The van der Waals surface area contributed by atoms with Gasteiger partial charge in [-0.2, -0.15) is 5.10 Å². The first-order valence-electron chi connectivity index (χ1n) is 4.29. The number of carbonyl (C=O) groups excluding carboxylic acids is 2. The molecule has 0 heterocycles. The van der Waals surface area contributed by atoms with E-state index in [0.29, 0.717) is 0 Å². The SMILES string of the molecule is Cc1ccc(/C=N\NC(=O)C(N)=O)cc1. The minimum Gasteiger partial charge on any atom is -0.361 e. The van der Waals surface area contributed by atoms with Crippen LogP contribution in [0.25, 0.3) is 0 Å². The van der Waals surface area contributed by atoms with Gasteiger partial charge in [-0.05, 0) is 12.5 Å².